The van der Waals surface area contributed by atoms with Crippen LogP contribution in [-0.2, 0) is 14.8 Å². The number of amides is 1. The standard InChI is InChI=1S/C14H18N2O5S/c1-10(14(18)19)15-13(17)11-4-6-12(7-5-11)22(20,21)16-8-2-3-9-16/h4-7,10H,2-3,8-9H2,1H3,(H,15,17)(H,18,19)/t10-/m1/s1. The molecule has 1 saturated heterocycles. The molecule has 0 radical (unpaired) electrons. The van der Waals surface area contributed by atoms with Crippen LogP contribution < -0.4 is 5.32 Å². The van der Waals surface area contributed by atoms with Crippen LogP contribution in [0, 0.1) is 0 Å². The van der Waals surface area contributed by atoms with Gasteiger partial charge in [-0.25, -0.2) is 8.42 Å². The van der Waals surface area contributed by atoms with E-state index in [9.17, 15) is 18.0 Å². The van der Waals surface area contributed by atoms with E-state index in [1.54, 1.807) is 0 Å². The first-order chi connectivity index (χ1) is 10.3. The molecule has 1 aromatic carbocycles. The molecule has 120 valence electrons. The molecule has 8 heteroatoms. The van der Waals surface area contributed by atoms with E-state index in [1.807, 2.05) is 0 Å². The lowest BCUT2D eigenvalue weighted by atomic mass is 10.2. The number of nitrogens with one attached hydrogen (secondary N) is 1. The van der Waals surface area contributed by atoms with Gasteiger partial charge in [-0.2, -0.15) is 4.31 Å². The van der Waals surface area contributed by atoms with Gasteiger partial charge in [0.25, 0.3) is 5.91 Å². The van der Waals surface area contributed by atoms with Crippen LogP contribution in [0.3, 0.4) is 0 Å². The van der Waals surface area contributed by atoms with Crippen LogP contribution in [0.4, 0.5) is 0 Å². The van der Waals surface area contributed by atoms with Crippen LogP contribution >= 0.6 is 0 Å². The van der Waals surface area contributed by atoms with Crippen molar-refractivity contribution in [3.05, 3.63) is 29.8 Å². The van der Waals surface area contributed by atoms with E-state index in [0.29, 0.717) is 13.1 Å². The van der Waals surface area contributed by atoms with E-state index in [1.165, 1.54) is 35.5 Å². The van der Waals surface area contributed by atoms with Gasteiger partial charge in [0.2, 0.25) is 10.0 Å². The second kappa shape index (κ2) is 6.45. The number of hydrogen-bond donors (Lipinski definition) is 2. The quantitative estimate of drug-likeness (QED) is 0.828. The van der Waals surface area contributed by atoms with Crippen LogP contribution in [0.2, 0.25) is 0 Å². The van der Waals surface area contributed by atoms with Crippen molar-refractivity contribution in [1.82, 2.24) is 9.62 Å². The molecule has 1 fully saturated rings. The summed E-state index contributed by atoms with van der Waals surface area (Å²) in [5.74, 6) is -1.69. The average Bonchev–Trinajstić information content (AvgIpc) is 3.02. The number of rotatable bonds is 5. The third-order valence-corrected chi connectivity index (χ3v) is 5.45. The van der Waals surface area contributed by atoms with Crippen LogP contribution in [0.25, 0.3) is 0 Å². The van der Waals surface area contributed by atoms with E-state index in [0.717, 1.165) is 12.8 Å². The van der Waals surface area contributed by atoms with Crippen molar-refractivity contribution in [2.45, 2.75) is 30.7 Å². The van der Waals surface area contributed by atoms with Gasteiger partial charge in [0, 0.05) is 18.7 Å². The number of benzene rings is 1. The smallest absolute Gasteiger partial charge is 0.325 e. The van der Waals surface area contributed by atoms with Crippen LogP contribution in [0.15, 0.2) is 29.2 Å². The predicted molar refractivity (Wildman–Crippen MR) is 79.0 cm³/mol. The Bertz CT molecular complexity index is 663. The second-order valence-electron chi connectivity index (χ2n) is 5.17. The maximum Gasteiger partial charge on any atom is 0.325 e. The van der Waals surface area contributed by atoms with E-state index < -0.39 is 27.9 Å². The van der Waals surface area contributed by atoms with Crippen LogP contribution in [0.5, 0.6) is 0 Å². The normalized spacial score (nSPS) is 17.1. The first-order valence-electron chi connectivity index (χ1n) is 6.96. The number of carboxylic acids is 1. The summed E-state index contributed by atoms with van der Waals surface area (Å²) in [6.45, 7) is 2.38. The summed E-state index contributed by atoms with van der Waals surface area (Å²) < 4.78 is 26.1. The number of aliphatic carboxylic acids is 1. The molecule has 1 aliphatic heterocycles. The van der Waals surface area contributed by atoms with Crippen LogP contribution in [0.1, 0.15) is 30.1 Å². The lowest BCUT2D eigenvalue weighted by Gasteiger charge is -2.15. The summed E-state index contributed by atoms with van der Waals surface area (Å²) in [5, 5.41) is 11.1. The molecule has 22 heavy (non-hydrogen) atoms. The first-order valence-corrected chi connectivity index (χ1v) is 8.40. The van der Waals surface area contributed by atoms with Gasteiger partial charge in [0.05, 0.1) is 4.90 Å². The third kappa shape index (κ3) is 3.45. The Morgan fingerprint density at radius 1 is 1.18 bits per heavy atom. The summed E-state index contributed by atoms with van der Waals surface area (Å²) in [5.41, 5.74) is 0.216. The topological polar surface area (TPSA) is 104 Å². The minimum Gasteiger partial charge on any atom is -0.480 e. The third-order valence-electron chi connectivity index (χ3n) is 3.54. The number of carbonyl (C=O) groups excluding carboxylic acids is 1. The molecule has 1 aliphatic rings. The Hall–Kier alpha value is -1.93. The number of carbonyl (C=O) groups is 2. The minimum atomic E-state index is -3.51. The highest BCUT2D eigenvalue weighted by Crippen LogP contribution is 2.21. The fraction of sp³-hybridized carbons (Fsp3) is 0.429. The van der Waals surface area contributed by atoms with Crippen molar-refractivity contribution in [1.29, 1.82) is 0 Å². The van der Waals surface area contributed by atoms with E-state index >= 15 is 0 Å². The van der Waals surface area contributed by atoms with Gasteiger partial charge in [-0.05, 0) is 44.0 Å². The molecule has 1 amide bonds. The molecule has 1 heterocycles. The van der Waals surface area contributed by atoms with Gasteiger partial charge >= 0.3 is 5.97 Å². The minimum absolute atomic E-state index is 0.136. The molecule has 0 spiro atoms. The Morgan fingerprint density at radius 3 is 2.23 bits per heavy atom. The zero-order valence-electron chi connectivity index (χ0n) is 12.2. The van der Waals surface area contributed by atoms with E-state index in [-0.39, 0.29) is 10.5 Å². The number of hydrogen-bond acceptors (Lipinski definition) is 4. The monoisotopic (exact) mass is 326 g/mol. The van der Waals surface area contributed by atoms with Gasteiger partial charge < -0.3 is 10.4 Å². The molecular weight excluding hydrogens is 308 g/mol. The second-order valence-corrected chi connectivity index (χ2v) is 7.11. The summed E-state index contributed by atoms with van der Waals surface area (Å²) >= 11 is 0. The Labute approximate surface area is 129 Å². The van der Waals surface area contributed by atoms with Gasteiger partial charge in [-0.1, -0.05) is 0 Å². The lowest BCUT2D eigenvalue weighted by Crippen LogP contribution is -2.38. The lowest BCUT2D eigenvalue weighted by molar-refractivity contribution is -0.138. The zero-order chi connectivity index (χ0) is 16.3. The fourth-order valence-electron chi connectivity index (χ4n) is 2.20. The molecule has 1 atom stereocenters. The molecule has 7 nitrogen and oxygen atoms in total. The molecule has 0 aliphatic carbocycles. The Kier molecular flexibility index (Phi) is 4.82. The van der Waals surface area contributed by atoms with Gasteiger partial charge in [-0.3, -0.25) is 9.59 Å². The molecule has 2 rings (SSSR count). The van der Waals surface area contributed by atoms with Crippen molar-refractivity contribution in [2.75, 3.05) is 13.1 Å². The van der Waals surface area contributed by atoms with Gasteiger partial charge in [-0.15, -0.1) is 0 Å². The fourth-order valence-corrected chi connectivity index (χ4v) is 3.71. The predicted octanol–water partition coefficient (Wildman–Crippen LogP) is 0.674. The van der Waals surface area contributed by atoms with Crippen molar-refractivity contribution < 1.29 is 23.1 Å². The number of sulfonamides is 1. The van der Waals surface area contributed by atoms with Crippen molar-refractivity contribution in [3.63, 3.8) is 0 Å². The summed E-state index contributed by atoms with van der Waals surface area (Å²) in [4.78, 5) is 22.7. The largest absolute Gasteiger partial charge is 0.480 e. The first kappa shape index (κ1) is 16.4. The van der Waals surface area contributed by atoms with Crippen LogP contribution in [-0.4, -0.2) is 48.8 Å². The highest BCUT2D eigenvalue weighted by atomic mass is 32.2. The highest BCUT2D eigenvalue weighted by Gasteiger charge is 2.27. The summed E-state index contributed by atoms with van der Waals surface area (Å²) in [7, 11) is -3.51. The van der Waals surface area contributed by atoms with Gasteiger partial charge in [0.1, 0.15) is 6.04 Å². The Balaban J connectivity index is 2.13. The zero-order valence-corrected chi connectivity index (χ0v) is 13.0. The average molecular weight is 326 g/mol. The maximum atomic E-state index is 12.3. The Morgan fingerprint density at radius 2 is 1.73 bits per heavy atom. The number of nitrogens with zero attached hydrogens (tertiary/aromatic N) is 1. The van der Waals surface area contributed by atoms with E-state index in [2.05, 4.69) is 5.32 Å². The highest BCUT2D eigenvalue weighted by molar-refractivity contribution is 7.89. The molecule has 0 unspecified atom stereocenters. The van der Waals surface area contributed by atoms with Crippen molar-refractivity contribution in [2.24, 2.45) is 0 Å². The molecule has 0 aromatic heterocycles. The summed E-state index contributed by atoms with van der Waals surface area (Å²) in [6, 6.07) is 4.49. The summed E-state index contributed by atoms with van der Waals surface area (Å²) in [6.07, 6.45) is 1.71. The molecule has 1 aromatic rings. The molecular formula is C14H18N2O5S. The van der Waals surface area contributed by atoms with Gasteiger partial charge in [0.15, 0.2) is 0 Å². The van der Waals surface area contributed by atoms with E-state index in [4.69, 9.17) is 5.11 Å². The maximum absolute atomic E-state index is 12.3. The van der Waals surface area contributed by atoms with Crippen molar-refractivity contribution in [3.8, 4) is 0 Å². The molecule has 2 N–H and O–H groups in total. The SMILES string of the molecule is C[C@@H](NC(=O)c1ccc(S(=O)(=O)N2CCCC2)cc1)C(=O)O. The number of carboxylic acid groups (broad SMARTS) is 1. The molecule has 0 saturated carbocycles. The molecule has 0 bridgehead atoms. The van der Waals surface area contributed by atoms with Crippen molar-refractivity contribution >= 4 is 21.9 Å².